The van der Waals surface area contributed by atoms with Crippen LogP contribution >= 0.6 is 46.7 Å². The molecule has 0 radical (unpaired) electrons. The Morgan fingerprint density at radius 2 is 1.93 bits per heavy atom. The average Bonchev–Trinajstić information content (AvgIpc) is 3.44. The van der Waals surface area contributed by atoms with Crippen LogP contribution < -0.4 is 10.2 Å². The number of thiophene rings is 2. The van der Waals surface area contributed by atoms with Crippen LogP contribution in [-0.2, 0) is 17.8 Å². The fourth-order valence-electron chi connectivity index (χ4n) is 3.89. The molecular weight excluding hydrogens is 529 g/mol. The third-order valence-electron chi connectivity index (χ3n) is 5.48. The van der Waals surface area contributed by atoms with Crippen LogP contribution in [0, 0.1) is 0 Å². The number of amides is 1. The van der Waals surface area contributed by atoms with Gasteiger partial charge in [0.1, 0.15) is 0 Å². The van der Waals surface area contributed by atoms with E-state index in [2.05, 4.69) is 51.0 Å². The average molecular weight is 560 g/mol. The number of hydrogen-bond donors (Lipinski definition) is 1. The van der Waals surface area contributed by atoms with E-state index in [9.17, 15) is 4.79 Å². The van der Waals surface area contributed by atoms with E-state index >= 15 is 0 Å². The van der Waals surface area contributed by atoms with E-state index in [0.29, 0.717) is 13.0 Å². The van der Waals surface area contributed by atoms with Gasteiger partial charge >= 0.3 is 0 Å². The van der Waals surface area contributed by atoms with E-state index in [1.807, 2.05) is 4.90 Å². The van der Waals surface area contributed by atoms with Gasteiger partial charge in [0.25, 0.3) is 0 Å². The summed E-state index contributed by atoms with van der Waals surface area (Å²) >= 11 is 3.60. The molecule has 6 nitrogen and oxygen atoms in total. The molecule has 164 valence electrons. The highest BCUT2D eigenvalue weighted by atomic mass is 127. The number of anilines is 1. The molecule has 1 N–H and O–H groups in total. The first-order chi connectivity index (χ1) is 14.2. The Labute approximate surface area is 204 Å². The van der Waals surface area contributed by atoms with Crippen LogP contribution in [0.1, 0.15) is 23.8 Å². The van der Waals surface area contributed by atoms with Gasteiger partial charge in [0, 0.05) is 57.1 Å². The second-order valence-electron chi connectivity index (χ2n) is 7.35. The molecule has 2 aromatic heterocycles. The Morgan fingerprint density at radius 3 is 2.67 bits per heavy atom. The van der Waals surface area contributed by atoms with Crippen molar-refractivity contribution in [1.29, 1.82) is 0 Å². The molecule has 0 atom stereocenters. The molecule has 4 rings (SSSR count). The van der Waals surface area contributed by atoms with Crippen LogP contribution in [0.5, 0.6) is 0 Å². The summed E-state index contributed by atoms with van der Waals surface area (Å²) in [5.74, 6) is 1.15. The van der Waals surface area contributed by atoms with Crippen LogP contribution in [0.2, 0.25) is 0 Å². The van der Waals surface area contributed by atoms with Crippen molar-refractivity contribution in [2.24, 2.45) is 4.99 Å². The molecule has 0 saturated carbocycles. The molecule has 0 aromatic carbocycles. The molecule has 0 unspecified atom stereocenters. The fraction of sp³-hybridized carbons (Fsp3) is 0.524. The SMILES string of the molecule is CCNC(=NCCC(=O)N1CCc2sccc2C1)N1CCN(c2cccs2)CC1.I. The lowest BCUT2D eigenvalue weighted by atomic mass is 10.1. The zero-order valence-corrected chi connectivity index (χ0v) is 21.3. The first-order valence-electron chi connectivity index (χ1n) is 10.4. The van der Waals surface area contributed by atoms with Crippen LogP contribution in [-0.4, -0.2) is 67.5 Å². The van der Waals surface area contributed by atoms with Crippen molar-refractivity contribution in [2.45, 2.75) is 26.3 Å². The number of guanidine groups is 1. The third kappa shape index (κ3) is 5.67. The van der Waals surface area contributed by atoms with E-state index in [4.69, 9.17) is 4.99 Å². The van der Waals surface area contributed by atoms with E-state index in [1.165, 1.54) is 15.4 Å². The summed E-state index contributed by atoms with van der Waals surface area (Å²) in [7, 11) is 0. The molecule has 0 bridgehead atoms. The van der Waals surface area contributed by atoms with Gasteiger partial charge in [-0.3, -0.25) is 9.79 Å². The van der Waals surface area contributed by atoms with Crippen molar-refractivity contribution in [3.05, 3.63) is 39.4 Å². The number of carbonyl (C=O) groups excluding carboxylic acids is 1. The van der Waals surface area contributed by atoms with Crippen LogP contribution in [0.3, 0.4) is 0 Å². The summed E-state index contributed by atoms with van der Waals surface area (Å²) in [5.41, 5.74) is 1.31. The highest BCUT2D eigenvalue weighted by Gasteiger charge is 2.22. The minimum atomic E-state index is 0. The summed E-state index contributed by atoms with van der Waals surface area (Å²) in [6.07, 6.45) is 1.46. The van der Waals surface area contributed by atoms with Gasteiger partial charge in [-0.2, -0.15) is 0 Å². The number of rotatable bonds is 5. The molecule has 1 fully saturated rings. The zero-order valence-electron chi connectivity index (χ0n) is 17.4. The van der Waals surface area contributed by atoms with Gasteiger partial charge < -0.3 is 20.0 Å². The van der Waals surface area contributed by atoms with Gasteiger partial charge in [-0.25, -0.2) is 0 Å². The second-order valence-corrected chi connectivity index (χ2v) is 9.27. The normalized spacial score (nSPS) is 16.8. The standard InChI is InChI=1S/C21H29N5OS2.HI/c1-2-22-21(25-12-10-24(11-13-25)20-4-3-14-29-20)23-8-5-19(27)26-9-6-18-17(16-26)7-15-28-18;/h3-4,7,14-15H,2,5-6,8-13,16H2,1H3,(H,22,23);1H. The molecule has 9 heteroatoms. The number of nitrogens with zero attached hydrogens (tertiary/aromatic N) is 4. The van der Waals surface area contributed by atoms with Crippen molar-refractivity contribution in [3.63, 3.8) is 0 Å². The minimum absolute atomic E-state index is 0. The van der Waals surface area contributed by atoms with E-state index in [1.54, 1.807) is 22.7 Å². The summed E-state index contributed by atoms with van der Waals surface area (Å²) in [6, 6.07) is 6.44. The van der Waals surface area contributed by atoms with Gasteiger partial charge in [-0.1, -0.05) is 0 Å². The summed E-state index contributed by atoms with van der Waals surface area (Å²) in [6.45, 7) is 8.96. The number of carbonyl (C=O) groups is 1. The van der Waals surface area contributed by atoms with Crippen molar-refractivity contribution in [3.8, 4) is 0 Å². The molecule has 1 amide bonds. The Morgan fingerprint density at radius 1 is 1.10 bits per heavy atom. The summed E-state index contributed by atoms with van der Waals surface area (Å²) < 4.78 is 0. The first kappa shape index (κ1) is 23.3. The lowest BCUT2D eigenvalue weighted by Crippen LogP contribution is -2.52. The van der Waals surface area contributed by atoms with Gasteiger partial charge in [-0.05, 0) is 47.9 Å². The molecule has 0 aliphatic carbocycles. The van der Waals surface area contributed by atoms with Gasteiger partial charge in [0.15, 0.2) is 5.96 Å². The third-order valence-corrected chi connectivity index (χ3v) is 7.43. The molecular formula is C21H30IN5OS2. The summed E-state index contributed by atoms with van der Waals surface area (Å²) in [5, 5.41) is 9.00. The van der Waals surface area contributed by atoms with Crippen molar-refractivity contribution in [1.82, 2.24) is 15.1 Å². The van der Waals surface area contributed by atoms with Gasteiger partial charge in [0.05, 0.1) is 11.5 Å². The Hall–Kier alpha value is -1.33. The zero-order chi connectivity index (χ0) is 20.1. The second kappa shape index (κ2) is 11.3. The van der Waals surface area contributed by atoms with Crippen molar-refractivity contribution in [2.75, 3.05) is 50.7 Å². The lowest BCUT2D eigenvalue weighted by molar-refractivity contribution is -0.131. The van der Waals surface area contributed by atoms with Crippen molar-refractivity contribution >= 4 is 63.5 Å². The maximum Gasteiger partial charge on any atom is 0.224 e. The van der Waals surface area contributed by atoms with E-state index in [0.717, 1.165) is 58.2 Å². The highest BCUT2D eigenvalue weighted by Crippen LogP contribution is 2.24. The number of fused-ring (bicyclic) bond motifs is 1. The largest absolute Gasteiger partial charge is 0.360 e. The maximum absolute atomic E-state index is 12.6. The minimum Gasteiger partial charge on any atom is -0.360 e. The fourth-order valence-corrected chi connectivity index (χ4v) is 5.57. The van der Waals surface area contributed by atoms with E-state index in [-0.39, 0.29) is 29.9 Å². The predicted octanol–water partition coefficient (Wildman–Crippen LogP) is 3.49. The molecule has 30 heavy (non-hydrogen) atoms. The van der Waals surface area contributed by atoms with E-state index < -0.39 is 0 Å². The van der Waals surface area contributed by atoms with Crippen LogP contribution in [0.25, 0.3) is 0 Å². The number of hydrogen-bond acceptors (Lipinski definition) is 5. The van der Waals surface area contributed by atoms with Gasteiger partial charge in [0.2, 0.25) is 5.91 Å². The number of nitrogens with one attached hydrogen (secondary N) is 1. The number of piperazine rings is 1. The molecule has 2 aliphatic heterocycles. The molecule has 2 aromatic rings. The molecule has 0 spiro atoms. The lowest BCUT2D eigenvalue weighted by Gasteiger charge is -2.37. The highest BCUT2D eigenvalue weighted by molar-refractivity contribution is 14.0. The maximum atomic E-state index is 12.6. The summed E-state index contributed by atoms with van der Waals surface area (Å²) in [4.78, 5) is 25.6. The Balaban J connectivity index is 0.00000256. The molecule has 2 aliphatic rings. The van der Waals surface area contributed by atoms with Gasteiger partial charge in [-0.15, -0.1) is 46.7 Å². The Kier molecular flexibility index (Phi) is 8.82. The quantitative estimate of drug-likeness (QED) is 0.347. The van der Waals surface area contributed by atoms with Crippen molar-refractivity contribution < 1.29 is 4.79 Å². The number of halogens is 1. The smallest absolute Gasteiger partial charge is 0.224 e. The Bertz CT molecular complexity index is 830. The van der Waals surface area contributed by atoms with Crippen LogP contribution in [0.4, 0.5) is 5.00 Å². The topological polar surface area (TPSA) is 51.2 Å². The molecule has 4 heterocycles. The first-order valence-corrected chi connectivity index (χ1v) is 12.1. The monoisotopic (exact) mass is 559 g/mol. The number of aliphatic imine (C=N–C) groups is 1. The van der Waals surface area contributed by atoms with Crippen LogP contribution in [0.15, 0.2) is 34.0 Å². The molecule has 1 saturated heterocycles. The predicted molar refractivity (Wildman–Crippen MR) is 138 cm³/mol.